The van der Waals surface area contributed by atoms with Crippen LogP contribution in [0.4, 0.5) is 11.4 Å². The monoisotopic (exact) mass is 403 g/mol. The van der Waals surface area contributed by atoms with Crippen LogP contribution in [0.5, 0.6) is 0 Å². The van der Waals surface area contributed by atoms with Gasteiger partial charge >= 0.3 is 0 Å². The van der Waals surface area contributed by atoms with Crippen LogP contribution in [0.2, 0.25) is 0 Å². The van der Waals surface area contributed by atoms with E-state index in [1.807, 2.05) is 24.3 Å². The van der Waals surface area contributed by atoms with E-state index < -0.39 is 0 Å². The van der Waals surface area contributed by atoms with Crippen molar-refractivity contribution in [2.75, 3.05) is 5.32 Å². The van der Waals surface area contributed by atoms with Crippen LogP contribution in [-0.2, 0) is 10.8 Å². The molecule has 0 saturated carbocycles. The van der Waals surface area contributed by atoms with Crippen molar-refractivity contribution in [2.24, 2.45) is 10.7 Å². The van der Waals surface area contributed by atoms with Crippen molar-refractivity contribution < 1.29 is 0 Å². The summed E-state index contributed by atoms with van der Waals surface area (Å²) in [7, 11) is 0. The Morgan fingerprint density at radius 3 is 1.92 bits per heavy atom. The van der Waals surface area contributed by atoms with Crippen LogP contribution < -0.4 is 11.1 Å². The second kappa shape index (κ2) is 8.05. The Morgan fingerprint density at radius 2 is 1.36 bits per heavy atom. The summed E-state index contributed by atoms with van der Waals surface area (Å²) in [6.07, 6.45) is 0. The number of anilines is 1. The molecule has 0 saturated heterocycles. The third-order valence-corrected chi connectivity index (χ3v) is 3.96. The fourth-order valence-corrected chi connectivity index (χ4v) is 2.42. The van der Waals surface area contributed by atoms with E-state index in [4.69, 9.17) is 5.73 Å². The van der Waals surface area contributed by atoms with Gasteiger partial charge in [-0.2, -0.15) is 0 Å². The SMILES string of the molecule is Br.CC(C)(C)c1cccc(N=C(N)Nc2cccc(C(C)(C)C)c2)c1. The Balaban J connectivity index is 0.00000312. The molecule has 4 heteroatoms. The van der Waals surface area contributed by atoms with E-state index in [0.717, 1.165) is 11.4 Å². The normalized spacial score (nSPS) is 12.5. The van der Waals surface area contributed by atoms with Gasteiger partial charge in [-0.3, -0.25) is 0 Å². The molecule has 0 aromatic heterocycles. The zero-order chi connectivity index (χ0) is 18.0. The molecule has 0 unspecified atom stereocenters. The van der Waals surface area contributed by atoms with Crippen molar-refractivity contribution in [3.63, 3.8) is 0 Å². The summed E-state index contributed by atoms with van der Waals surface area (Å²) in [5.41, 5.74) is 10.6. The number of nitrogens with two attached hydrogens (primary N) is 1. The predicted molar refractivity (Wildman–Crippen MR) is 116 cm³/mol. The molecule has 0 amide bonds. The molecule has 3 N–H and O–H groups in total. The summed E-state index contributed by atoms with van der Waals surface area (Å²) >= 11 is 0. The molecule has 0 atom stereocenters. The van der Waals surface area contributed by atoms with Crippen LogP contribution in [0.1, 0.15) is 52.7 Å². The lowest BCUT2D eigenvalue weighted by molar-refractivity contribution is 0.590. The predicted octanol–water partition coefficient (Wildman–Crippen LogP) is 5.92. The van der Waals surface area contributed by atoms with Crippen LogP contribution in [0.15, 0.2) is 53.5 Å². The highest BCUT2D eigenvalue weighted by molar-refractivity contribution is 8.93. The minimum Gasteiger partial charge on any atom is -0.369 e. The summed E-state index contributed by atoms with van der Waals surface area (Å²) in [4.78, 5) is 4.50. The fraction of sp³-hybridized carbons (Fsp3) is 0.381. The molecule has 0 aliphatic rings. The van der Waals surface area contributed by atoms with E-state index in [9.17, 15) is 0 Å². The number of nitrogens with one attached hydrogen (secondary N) is 1. The fourth-order valence-electron chi connectivity index (χ4n) is 2.42. The number of aliphatic imine (C=N–C) groups is 1. The van der Waals surface area contributed by atoms with Gasteiger partial charge in [-0.1, -0.05) is 65.8 Å². The maximum absolute atomic E-state index is 6.09. The molecular formula is C21H30BrN3. The lowest BCUT2D eigenvalue weighted by Gasteiger charge is -2.20. The van der Waals surface area contributed by atoms with E-state index in [2.05, 4.69) is 76.1 Å². The van der Waals surface area contributed by atoms with Gasteiger partial charge in [0.25, 0.3) is 0 Å². The minimum atomic E-state index is 0. The number of nitrogens with zero attached hydrogens (tertiary/aromatic N) is 1. The topological polar surface area (TPSA) is 50.4 Å². The van der Waals surface area contributed by atoms with Crippen LogP contribution in [0.25, 0.3) is 0 Å². The minimum absolute atomic E-state index is 0. The number of rotatable bonds is 2. The summed E-state index contributed by atoms with van der Waals surface area (Å²) in [5, 5.41) is 3.19. The van der Waals surface area contributed by atoms with Gasteiger partial charge in [0.1, 0.15) is 0 Å². The first-order valence-corrected chi connectivity index (χ1v) is 8.38. The van der Waals surface area contributed by atoms with Gasteiger partial charge in [0.2, 0.25) is 0 Å². The van der Waals surface area contributed by atoms with E-state index in [1.54, 1.807) is 0 Å². The average Bonchev–Trinajstić information content (AvgIpc) is 2.46. The standard InChI is InChI=1S/C21H29N3.BrH/c1-20(2,3)15-9-7-11-17(13-15)23-19(22)24-18-12-8-10-16(14-18)21(4,5)6;/h7-14H,1-6H3,(H3,22,23,24);1H. The smallest absolute Gasteiger partial charge is 0.198 e. The van der Waals surface area contributed by atoms with Gasteiger partial charge in [0.05, 0.1) is 5.69 Å². The van der Waals surface area contributed by atoms with Crippen LogP contribution in [0, 0.1) is 0 Å². The van der Waals surface area contributed by atoms with Gasteiger partial charge in [0, 0.05) is 5.69 Å². The largest absolute Gasteiger partial charge is 0.369 e. The molecular weight excluding hydrogens is 374 g/mol. The van der Waals surface area contributed by atoms with Crippen molar-refractivity contribution >= 4 is 34.3 Å². The zero-order valence-electron chi connectivity index (χ0n) is 16.1. The summed E-state index contributed by atoms with van der Waals surface area (Å²) in [6, 6.07) is 16.5. The van der Waals surface area contributed by atoms with Crippen molar-refractivity contribution in [3.05, 3.63) is 59.7 Å². The van der Waals surface area contributed by atoms with E-state index >= 15 is 0 Å². The van der Waals surface area contributed by atoms with E-state index in [0.29, 0.717) is 5.96 Å². The summed E-state index contributed by atoms with van der Waals surface area (Å²) in [5.74, 6) is 0.395. The number of hydrogen-bond acceptors (Lipinski definition) is 1. The molecule has 2 rings (SSSR count). The molecule has 0 heterocycles. The molecule has 0 bridgehead atoms. The van der Waals surface area contributed by atoms with Gasteiger partial charge < -0.3 is 11.1 Å². The molecule has 0 spiro atoms. The highest BCUT2D eigenvalue weighted by Crippen LogP contribution is 2.26. The summed E-state index contributed by atoms with van der Waals surface area (Å²) < 4.78 is 0. The van der Waals surface area contributed by atoms with Crippen LogP contribution >= 0.6 is 17.0 Å². The molecule has 3 nitrogen and oxygen atoms in total. The van der Waals surface area contributed by atoms with Crippen molar-refractivity contribution in [2.45, 2.75) is 52.4 Å². The second-order valence-corrected chi connectivity index (χ2v) is 8.25. The maximum atomic E-state index is 6.09. The highest BCUT2D eigenvalue weighted by atomic mass is 79.9. The first-order chi connectivity index (χ1) is 11.1. The Hall–Kier alpha value is -1.81. The van der Waals surface area contributed by atoms with Crippen molar-refractivity contribution in [1.82, 2.24) is 0 Å². The zero-order valence-corrected chi connectivity index (χ0v) is 17.8. The van der Waals surface area contributed by atoms with Crippen LogP contribution in [0.3, 0.4) is 0 Å². The number of hydrogen-bond donors (Lipinski definition) is 2. The van der Waals surface area contributed by atoms with Gasteiger partial charge in [-0.05, 0) is 46.2 Å². The third kappa shape index (κ3) is 6.20. The van der Waals surface area contributed by atoms with Gasteiger partial charge in [-0.25, -0.2) is 4.99 Å². The molecule has 0 aliphatic carbocycles. The lowest BCUT2D eigenvalue weighted by atomic mass is 9.87. The maximum Gasteiger partial charge on any atom is 0.198 e. The highest BCUT2D eigenvalue weighted by Gasteiger charge is 2.14. The van der Waals surface area contributed by atoms with Crippen molar-refractivity contribution in [3.8, 4) is 0 Å². The Bertz CT molecular complexity index is 737. The van der Waals surface area contributed by atoms with Crippen LogP contribution in [-0.4, -0.2) is 5.96 Å². The molecule has 0 fully saturated rings. The van der Waals surface area contributed by atoms with Gasteiger partial charge in [0.15, 0.2) is 5.96 Å². The Kier molecular flexibility index (Phi) is 6.83. The van der Waals surface area contributed by atoms with Crippen molar-refractivity contribution in [1.29, 1.82) is 0 Å². The molecule has 2 aromatic rings. The molecule has 2 aromatic carbocycles. The average molecular weight is 404 g/mol. The molecule has 0 radical (unpaired) electrons. The summed E-state index contributed by atoms with van der Waals surface area (Å²) in [6.45, 7) is 13.2. The lowest BCUT2D eigenvalue weighted by Crippen LogP contribution is -2.22. The molecule has 25 heavy (non-hydrogen) atoms. The Morgan fingerprint density at radius 1 is 0.840 bits per heavy atom. The number of guanidine groups is 1. The van der Waals surface area contributed by atoms with E-state index in [-0.39, 0.29) is 27.8 Å². The second-order valence-electron chi connectivity index (χ2n) is 8.25. The van der Waals surface area contributed by atoms with E-state index in [1.165, 1.54) is 11.1 Å². The first-order valence-electron chi connectivity index (χ1n) is 8.38. The van der Waals surface area contributed by atoms with Gasteiger partial charge in [-0.15, -0.1) is 17.0 Å². The third-order valence-electron chi connectivity index (χ3n) is 3.96. The number of halogens is 1. The first kappa shape index (κ1) is 21.2. The quantitative estimate of drug-likeness (QED) is 0.482. The molecule has 0 aliphatic heterocycles. The Labute approximate surface area is 162 Å². The molecule has 136 valence electrons. The number of benzene rings is 2.